The zero-order chi connectivity index (χ0) is 48.4. The second-order valence-corrected chi connectivity index (χ2v) is 18.7. The first kappa shape index (κ1) is 61.5. The normalized spacial score (nSPS) is 22.1. The van der Waals surface area contributed by atoms with Crippen molar-refractivity contribution in [3.05, 3.63) is 85.1 Å². The van der Waals surface area contributed by atoms with Gasteiger partial charge in [0.05, 0.1) is 13.2 Å². The van der Waals surface area contributed by atoms with E-state index < -0.39 is 63.1 Å². The molecule has 6 unspecified atom stereocenters. The maximum Gasteiger partial charge on any atom is 0.472 e. The lowest BCUT2D eigenvalue weighted by Crippen LogP contribution is -2.64. The van der Waals surface area contributed by atoms with Crippen molar-refractivity contribution in [2.24, 2.45) is 0 Å². The molecule has 0 heterocycles. The van der Waals surface area contributed by atoms with Crippen LogP contribution in [0.2, 0.25) is 0 Å². The van der Waals surface area contributed by atoms with Crippen molar-refractivity contribution in [1.82, 2.24) is 0 Å². The predicted octanol–water partition coefficient (Wildman–Crippen LogP) is 11.3. The predicted molar refractivity (Wildman–Crippen MR) is 267 cm³/mol. The number of allylic oxidation sites excluding steroid dienone is 14. The number of aliphatic hydroxyl groups excluding tert-OH is 5. The summed E-state index contributed by atoms with van der Waals surface area (Å²) in [6, 6.07) is 0. The molecule has 1 saturated carbocycles. The highest BCUT2D eigenvalue weighted by molar-refractivity contribution is 7.47. The molecule has 0 aliphatic heterocycles. The van der Waals surface area contributed by atoms with E-state index in [0.29, 0.717) is 13.0 Å². The average molecular weight is 951 g/mol. The highest BCUT2D eigenvalue weighted by Crippen LogP contribution is 2.47. The van der Waals surface area contributed by atoms with Gasteiger partial charge in [-0.3, -0.25) is 13.8 Å². The topological polar surface area (TPSA) is 192 Å². The molecule has 0 bridgehead atoms. The minimum Gasteiger partial charge on any atom is -0.457 e. The number of hydrogen-bond acceptors (Lipinski definition) is 11. The monoisotopic (exact) mass is 951 g/mol. The Hall–Kier alpha value is -2.48. The van der Waals surface area contributed by atoms with E-state index in [1.165, 1.54) is 57.8 Å². The van der Waals surface area contributed by atoms with Gasteiger partial charge in [-0.2, -0.15) is 0 Å². The Labute approximate surface area is 399 Å². The molecule has 0 aromatic rings. The van der Waals surface area contributed by atoms with Crippen LogP contribution in [-0.4, -0.2) is 98.9 Å². The summed E-state index contributed by atoms with van der Waals surface area (Å²) >= 11 is 0. The van der Waals surface area contributed by atoms with Crippen LogP contribution in [0.1, 0.15) is 181 Å². The zero-order valence-corrected chi connectivity index (χ0v) is 41.6. The lowest BCUT2D eigenvalue weighted by Gasteiger charge is -2.41. The molecule has 1 aliphatic carbocycles. The van der Waals surface area contributed by atoms with Gasteiger partial charge < -0.3 is 39.9 Å². The summed E-state index contributed by atoms with van der Waals surface area (Å²) in [6.07, 6.45) is 45.0. The summed E-state index contributed by atoms with van der Waals surface area (Å²) in [7, 11) is -5.04. The number of carbonyl (C=O) groups is 1. The van der Waals surface area contributed by atoms with Crippen molar-refractivity contribution in [2.45, 2.75) is 224 Å². The van der Waals surface area contributed by atoms with Crippen LogP contribution in [0.15, 0.2) is 85.1 Å². The molecule has 0 radical (unpaired) electrons. The van der Waals surface area contributed by atoms with Crippen LogP contribution in [0.4, 0.5) is 0 Å². The largest absolute Gasteiger partial charge is 0.472 e. The third-order valence-corrected chi connectivity index (χ3v) is 12.2. The summed E-state index contributed by atoms with van der Waals surface area (Å²) in [5, 5.41) is 50.3. The number of esters is 1. The maximum atomic E-state index is 12.8. The van der Waals surface area contributed by atoms with Gasteiger partial charge >= 0.3 is 13.8 Å². The van der Waals surface area contributed by atoms with Gasteiger partial charge in [0.25, 0.3) is 0 Å². The average Bonchev–Trinajstić information content (AvgIpc) is 3.30. The Morgan fingerprint density at radius 1 is 0.500 bits per heavy atom. The van der Waals surface area contributed by atoms with E-state index >= 15 is 0 Å². The molecular formula is C53H91O12P. The molecule has 13 heteroatoms. The Kier molecular flexibility index (Phi) is 39.7. The first-order valence-electron chi connectivity index (χ1n) is 25.4. The van der Waals surface area contributed by atoms with Gasteiger partial charge in [0, 0.05) is 13.0 Å². The number of aliphatic hydroxyl groups is 5. The van der Waals surface area contributed by atoms with Crippen LogP contribution in [0.5, 0.6) is 0 Å². The van der Waals surface area contributed by atoms with E-state index in [4.69, 9.17) is 18.5 Å². The number of hydrogen-bond donors (Lipinski definition) is 6. The van der Waals surface area contributed by atoms with Gasteiger partial charge in [-0.1, -0.05) is 170 Å². The summed E-state index contributed by atoms with van der Waals surface area (Å²) in [5.41, 5.74) is 0. The third-order valence-electron chi connectivity index (χ3n) is 11.3. The molecular weight excluding hydrogens is 860 g/mol. The molecule has 380 valence electrons. The van der Waals surface area contributed by atoms with Crippen LogP contribution in [0, 0.1) is 0 Å². The third kappa shape index (κ3) is 33.9. The molecule has 66 heavy (non-hydrogen) atoms. The summed E-state index contributed by atoms with van der Waals surface area (Å²) in [4.78, 5) is 23.2. The minimum atomic E-state index is -5.04. The smallest absolute Gasteiger partial charge is 0.457 e. The zero-order valence-electron chi connectivity index (χ0n) is 40.7. The first-order chi connectivity index (χ1) is 32.0. The number of unbranched alkanes of at least 4 members (excludes halogenated alkanes) is 16. The fourth-order valence-corrected chi connectivity index (χ4v) is 8.21. The molecule has 1 fully saturated rings. The van der Waals surface area contributed by atoms with E-state index in [0.717, 1.165) is 96.3 Å². The molecule has 1 aliphatic rings. The fraction of sp³-hybridized carbons (Fsp3) is 0.717. The van der Waals surface area contributed by atoms with Crippen LogP contribution >= 0.6 is 7.82 Å². The molecule has 0 saturated heterocycles. The van der Waals surface area contributed by atoms with E-state index in [-0.39, 0.29) is 13.0 Å². The Morgan fingerprint density at radius 2 is 0.894 bits per heavy atom. The second kappa shape index (κ2) is 42.6. The van der Waals surface area contributed by atoms with E-state index in [9.17, 15) is 39.8 Å². The number of carbonyl (C=O) groups excluding carboxylic acids is 1. The Bertz CT molecular complexity index is 1410. The van der Waals surface area contributed by atoms with Gasteiger partial charge in [-0.05, 0) is 89.9 Å². The van der Waals surface area contributed by atoms with E-state index in [1.54, 1.807) is 0 Å². The van der Waals surface area contributed by atoms with Crippen LogP contribution in [0.3, 0.4) is 0 Å². The lowest BCUT2D eigenvalue weighted by molar-refractivity contribution is -0.220. The highest BCUT2D eigenvalue weighted by atomic mass is 31.2. The molecule has 0 spiro atoms. The Balaban J connectivity index is 2.39. The van der Waals surface area contributed by atoms with Gasteiger partial charge in [0.1, 0.15) is 42.7 Å². The molecule has 12 nitrogen and oxygen atoms in total. The second-order valence-electron chi connectivity index (χ2n) is 17.3. The van der Waals surface area contributed by atoms with Crippen molar-refractivity contribution in [3.63, 3.8) is 0 Å². The van der Waals surface area contributed by atoms with Gasteiger partial charge in [0.2, 0.25) is 0 Å². The van der Waals surface area contributed by atoms with E-state index in [1.807, 2.05) is 0 Å². The summed E-state index contributed by atoms with van der Waals surface area (Å²) < 4.78 is 34.2. The SMILES string of the molecule is CC/C=C\C/C=C\C/C=C\C/C=C\C/C=C\C/C=C\CCCCCCC(=O)OC(COCCCCCCCC/C=C\CCCCCCCC)COP(=O)(O)OC1C(O)C(O)C(O)C(O)C1O. The fourth-order valence-electron chi connectivity index (χ4n) is 7.24. The Morgan fingerprint density at radius 3 is 1.38 bits per heavy atom. The number of ether oxygens (including phenoxy) is 2. The first-order valence-corrected chi connectivity index (χ1v) is 26.9. The summed E-state index contributed by atoms with van der Waals surface area (Å²) in [6.45, 7) is 4.10. The lowest BCUT2D eigenvalue weighted by atomic mass is 9.85. The number of rotatable bonds is 42. The molecule has 0 aromatic carbocycles. The van der Waals surface area contributed by atoms with Gasteiger partial charge in [0.15, 0.2) is 0 Å². The van der Waals surface area contributed by atoms with Crippen LogP contribution < -0.4 is 0 Å². The quantitative estimate of drug-likeness (QED) is 0.0147. The minimum absolute atomic E-state index is 0.0962. The van der Waals surface area contributed by atoms with Crippen molar-refractivity contribution < 1.29 is 58.3 Å². The molecule has 6 atom stereocenters. The van der Waals surface area contributed by atoms with Crippen molar-refractivity contribution in [3.8, 4) is 0 Å². The van der Waals surface area contributed by atoms with Gasteiger partial charge in [-0.15, -0.1) is 0 Å². The maximum absolute atomic E-state index is 12.8. The standard InChI is InChI=1S/C53H91O12P/c1-3-5-7-9-11-13-15-17-19-21-22-23-24-25-26-27-28-30-32-34-36-38-40-42-47(54)64-46(45-63-66(60,61)65-53-51(58)49(56)48(55)50(57)52(53)59)44-62-43-41-39-37-35-33-31-29-20-18-16-14-12-10-8-6-4-2/h5,7,11,13,17-20,22-23,25-26,28,30,46,48-53,55-59H,3-4,6,8-10,12,14-16,21,24,27,29,31-45H2,1-2H3,(H,60,61)/b7-5-,13-11-,19-17-,20-18-,23-22-,26-25-,30-28-. The molecule has 1 rings (SSSR count). The summed E-state index contributed by atoms with van der Waals surface area (Å²) in [5.74, 6) is -0.506. The van der Waals surface area contributed by atoms with Crippen molar-refractivity contribution in [2.75, 3.05) is 19.8 Å². The van der Waals surface area contributed by atoms with Crippen molar-refractivity contribution in [1.29, 1.82) is 0 Å². The number of phosphoric ester groups is 1. The molecule has 6 N–H and O–H groups in total. The molecule has 0 amide bonds. The molecule has 0 aromatic heterocycles. The number of phosphoric acid groups is 1. The highest BCUT2D eigenvalue weighted by Gasteiger charge is 2.51. The van der Waals surface area contributed by atoms with Crippen molar-refractivity contribution >= 4 is 13.8 Å². The van der Waals surface area contributed by atoms with E-state index in [2.05, 4.69) is 98.9 Å². The van der Waals surface area contributed by atoms with Crippen LogP contribution in [-0.2, 0) is 27.9 Å². The van der Waals surface area contributed by atoms with Gasteiger partial charge in [-0.25, -0.2) is 4.57 Å². The van der Waals surface area contributed by atoms with Crippen LogP contribution in [0.25, 0.3) is 0 Å².